The van der Waals surface area contributed by atoms with Crippen LogP contribution < -0.4 is 0 Å². The first-order chi connectivity index (χ1) is 8.29. The van der Waals surface area contributed by atoms with E-state index in [2.05, 4.69) is 4.99 Å². The molecule has 0 amide bonds. The molecule has 0 N–H and O–H groups in total. The summed E-state index contributed by atoms with van der Waals surface area (Å²) in [4.78, 5) is 15.7. The smallest absolute Gasteiger partial charge is 0.244 e. The van der Waals surface area contributed by atoms with Crippen LogP contribution in [0.25, 0.3) is 6.08 Å². The van der Waals surface area contributed by atoms with Crippen molar-refractivity contribution in [1.82, 2.24) is 0 Å². The first kappa shape index (κ1) is 12.2. The van der Waals surface area contributed by atoms with Crippen LogP contribution in [0.3, 0.4) is 0 Å². The summed E-state index contributed by atoms with van der Waals surface area (Å²) in [6.45, 7) is 0. The number of hydrogen-bond donors (Lipinski definition) is 0. The van der Waals surface area contributed by atoms with Crippen LogP contribution in [0.2, 0.25) is 0 Å². The Morgan fingerprint density at radius 3 is 2.71 bits per heavy atom. The van der Waals surface area contributed by atoms with Gasteiger partial charge >= 0.3 is 0 Å². The summed E-state index contributed by atoms with van der Waals surface area (Å²) < 4.78 is 0.814. The third-order valence-electron chi connectivity index (χ3n) is 2.12. The zero-order chi connectivity index (χ0) is 12.1. The maximum Gasteiger partial charge on any atom is 0.244 e. The number of rotatable bonds is 2. The Bertz CT molecular complexity index is 503. The van der Waals surface area contributed by atoms with Crippen LogP contribution in [-0.4, -0.2) is 15.7 Å². The molecule has 1 aromatic rings. The third-order valence-corrected chi connectivity index (χ3v) is 3.97. The summed E-state index contributed by atoms with van der Waals surface area (Å²) >= 11 is 2.69. The van der Waals surface area contributed by atoms with Crippen LogP contribution in [0.1, 0.15) is 5.56 Å². The van der Waals surface area contributed by atoms with E-state index in [-0.39, 0.29) is 5.12 Å². The van der Waals surface area contributed by atoms with Crippen molar-refractivity contribution in [2.45, 2.75) is 0 Å². The highest BCUT2D eigenvalue weighted by atomic mass is 32.2. The minimum atomic E-state index is 0.0204. The van der Waals surface area contributed by atoms with Crippen molar-refractivity contribution in [3.05, 3.63) is 53.7 Å². The molecule has 0 fully saturated rings. The molecule has 0 bridgehead atoms. The maximum atomic E-state index is 11.5. The lowest BCUT2D eigenvalue weighted by Gasteiger charge is -1.89. The zero-order valence-electron chi connectivity index (χ0n) is 9.29. The lowest BCUT2D eigenvalue weighted by atomic mass is 10.2. The van der Waals surface area contributed by atoms with E-state index in [1.807, 2.05) is 48.7 Å². The second-order valence-electron chi connectivity index (χ2n) is 3.29. The van der Waals surface area contributed by atoms with Crippen molar-refractivity contribution in [2.24, 2.45) is 4.99 Å². The van der Waals surface area contributed by atoms with Gasteiger partial charge < -0.3 is 0 Å². The molecule has 1 aromatic carbocycles. The molecule has 2 nitrogen and oxygen atoms in total. The van der Waals surface area contributed by atoms with Crippen LogP contribution >= 0.6 is 23.5 Å². The normalized spacial score (nSPS) is 18.1. The van der Waals surface area contributed by atoms with E-state index in [9.17, 15) is 4.79 Å². The van der Waals surface area contributed by atoms with Gasteiger partial charge in [0.25, 0.3) is 0 Å². The number of thioether (sulfide) groups is 2. The average molecular weight is 261 g/mol. The van der Waals surface area contributed by atoms with Gasteiger partial charge in [-0.3, -0.25) is 4.79 Å². The molecule has 0 saturated heterocycles. The molecule has 1 aliphatic rings. The summed E-state index contributed by atoms with van der Waals surface area (Å²) in [6.07, 6.45) is 7.49. The largest absolute Gasteiger partial charge is 0.279 e. The van der Waals surface area contributed by atoms with Crippen molar-refractivity contribution in [2.75, 3.05) is 6.26 Å². The summed E-state index contributed by atoms with van der Waals surface area (Å²) in [7, 11) is 0. The number of nitrogens with zero attached hydrogens (tertiary/aromatic N) is 1. The van der Waals surface area contributed by atoms with E-state index >= 15 is 0 Å². The van der Waals surface area contributed by atoms with Crippen molar-refractivity contribution in [1.29, 1.82) is 0 Å². The fourth-order valence-electron chi connectivity index (χ4n) is 1.31. The Kier molecular flexibility index (Phi) is 4.23. The van der Waals surface area contributed by atoms with E-state index in [1.165, 1.54) is 23.5 Å². The van der Waals surface area contributed by atoms with Gasteiger partial charge in [0.1, 0.15) is 10.1 Å². The van der Waals surface area contributed by atoms with Crippen molar-refractivity contribution < 1.29 is 4.79 Å². The summed E-state index contributed by atoms with van der Waals surface area (Å²) in [5.41, 5.74) is 1.63. The lowest BCUT2D eigenvalue weighted by Crippen LogP contribution is -1.86. The molecule has 0 radical (unpaired) electrons. The van der Waals surface area contributed by atoms with Crippen LogP contribution in [-0.2, 0) is 4.79 Å². The predicted molar refractivity (Wildman–Crippen MR) is 77.1 cm³/mol. The van der Waals surface area contributed by atoms with Crippen molar-refractivity contribution in [3.63, 3.8) is 0 Å². The van der Waals surface area contributed by atoms with E-state index < -0.39 is 0 Å². The molecular formula is C13H11NOS2. The molecule has 0 aromatic heterocycles. The van der Waals surface area contributed by atoms with Gasteiger partial charge in [-0.2, -0.15) is 0 Å². The van der Waals surface area contributed by atoms with Gasteiger partial charge in [0.15, 0.2) is 0 Å². The first-order valence-corrected chi connectivity index (χ1v) is 7.12. The summed E-state index contributed by atoms with van der Waals surface area (Å²) in [5.74, 6) is 0. The molecular weight excluding hydrogens is 250 g/mol. The lowest BCUT2D eigenvalue weighted by molar-refractivity contribution is -0.107. The highest BCUT2D eigenvalue weighted by Gasteiger charge is 2.20. The quantitative estimate of drug-likeness (QED) is 0.762. The summed E-state index contributed by atoms with van der Waals surface area (Å²) in [5, 5.41) is 0.0204. The topological polar surface area (TPSA) is 29.4 Å². The van der Waals surface area contributed by atoms with Crippen molar-refractivity contribution >= 4 is 39.1 Å². The molecule has 86 valence electrons. The van der Waals surface area contributed by atoms with Gasteiger partial charge in [0.2, 0.25) is 5.12 Å². The second kappa shape index (κ2) is 5.89. The fraction of sp³-hybridized carbons (Fsp3) is 0.0769. The maximum absolute atomic E-state index is 11.5. The predicted octanol–water partition coefficient (Wildman–Crippen LogP) is 3.58. The Morgan fingerprint density at radius 2 is 2.06 bits per heavy atom. The van der Waals surface area contributed by atoms with Crippen molar-refractivity contribution in [3.8, 4) is 0 Å². The van der Waals surface area contributed by atoms with Gasteiger partial charge in [-0.25, -0.2) is 4.99 Å². The van der Waals surface area contributed by atoms with Crippen LogP contribution in [0, 0.1) is 0 Å². The number of carbonyl (C=O) groups excluding carboxylic acids is 1. The molecule has 0 aliphatic carbocycles. The van der Waals surface area contributed by atoms with Gasteiger partial charge in [0, 0.05) is 0 Å². The molecule has 4 heteroatoms. The van der Waals surface area contributed by atoms with E-state index in [0.717, 1.165) is 9.94 Å². The Morgan fingerprint density at radius 1 is 1.29 bits per heavy atom. The number of carbonyl (C=O) groups is 1. The van der Waals surface area contributed by atoms with E-state index in [4.69, 9.17) is 0 Å². The molecule has 0 saturated carbocycles. The Balaban J connectivity index is 2.09. The fourth-order valence-corrected chi connectivity index (χ4v) is 2.58. The van der Waals surface area contributed by atoms with Crippen LogP contribution in [0.5, 0.6) is 0 Å². The van der Waals surface area contributed by atoms with Gasteiger partial charge in [-0.15, -0.1) is 11.8 Å². The van der Waals surface area contributed by atoms with Gasteiger partial charge in [-0.1, -0.05) is 42.5 Å². The van der Waals surface area contributed by atoms with Crippen LogP contribution in [0.4, 0.5) is 0 Å². The first-order valence-electron chi connectivity index (χ1n) is 5.08. The highest BCUT2D eigenvalue weighted by molar-refractivity contribution is 8.45. The highest BCUT2D eigenvalue weighted by Crippen LogP contribution is 2.28. The Labute approximate surface area is 109 Å². The molecule has 0 unspecified atom stereocenters. The number of hydrogen-bond acceptors (Lipinski definition) is 4. The van der Waals surface area contributed by atoms with E-state index in [0.29, 0.717) is 5.70 Å². The minimum absolute atomic E-state index is 0.0204. The molecule has 1 aliphatic heterocycles. The molecule has 1 heterocycles. The van der Waals surface area contributed by atoms with Gasteiger partial charge in [0.05, 0.1) is 0 Å². The summed E-state index contributed by atoms with van der Waals surface area (Å²) in [6, 6.07) is 9.95. The molecule has 0 spiro atoms. The Hall–Kier alpha value is -1.26. The molecule has 2 rings (SSSR count). The number of benzene rings is 1. The standard InChI is InChI=1S/C13H11NOS2/c1-16-13-14-11(12(15)17-13)9-5-8-10-6-3-2-4-7-10/h2-9H,1H3. The third kappa shape index (κ3) is 3.35. The SMILES string of the molecule is CSC1=NC(=CC=Cc2ccccc2)C(=O)S1. The van der Waals surface area contributed by atoms with E-state index in [1.54, 1.807) is 6.08 Å². The monoisotopic (exact) mass is 261 g/mol. The molecule has 0 atom stereocenters. The van der Waals surface area contributed by atoms with Crippen LogP contribution in [0.15, 0.2) is 53.2 Å². The molecule has 17 heavy (non-hydrogen) atoms. The minimum Gasteiger partial charge on any atom is -0.279 e. The average Bonchev–Trinajstić information content (AvgIpc) is 2.72. The number of aliphatic imine (C=N–C) groups is 1. The van der Waals surface area contributed by atoms with Gasteiger partial charge in [-0.05, 0) is 29.7 Å². The number of allylic oxidation sites excluding steroid dienone is 2. The zero-order valence-corrected chi connectivity index (χ0v) is 10.9. The second-order valence-corrected chi connectivity index (χ2v) is 5.31.